The minimum Gasteiger partial charge on any atom is -0.497 e. The molecule has 120 valence electrons. The fourth-order valence-corrected chi connectivity index (χ4v) is 3.02. The Kier molecular flexibility index (Phi) is 4.61. The molecule has 0 radical (unpaired) electrons. The van der Waals surface area contributed by atoms with Gasteiger partial charge in [0, 0.05) is 32.2 Å². The van der Waals surface area contributed by atoms with E-state index in [0.29, 0.717) is 0 Å². The molecule has 22 heavy (non-hydrogen) atoms. The molecule has 2 fully saturated rings. The molecule has 2 heterocycles. The number of nitrogens with one attached hydrogen (secondary N) is 2. The predicted octanol–water partition coefficient (Wildman–Crippen LogP) is 0.377. The van der Waals surface area contributed by atoms with Crippen molar-refractivity contribution in [2.45, 2.75) is 18.5 Å². The number of rotatable bonds is 3. The Balaban J connectivity index is 1.58. The molecule has 3 rings (SSSR count). The lowest BCUT2D eigenvalue weighted by Gasteiger charge is -2.33. The molecule has 2 aliphatic rings. The molecule has 2 saturated heterocycles. The fourth-order valence-electron chi connectivity index (χ4n) is 3.02. The van der Waals surface area contributed by atoms with Crippen molar-refractivity contribution in [3.63, 3.8) is 0 Å². The summed E-state index contributed by atoms with van der Waals surface area (Å²) < 4.78 is 5.18. The number of methoxy groups -OCH3 is 1. The van der Waals surface area contributed by atoms with Gasteiger partial charge in [-0.25, -0.2) is 10.9 Å². The van der Waals surface area contributed by atoms with Gasteiger partial charge in [-0.2, -0.15) is 0 Å². The van der Waals surface area contributed by atoms with Crippen LogP contribution in [0.15, 0.2) is 24.3 Å². The Bertz CT molecular complexity index is 511. The van der Waals surface area contributed by atoms with E-state index in [4.69, 9.17) is 4.74 Å². The first kappa shape index (κ1) is 15.3. The molecule has 0 spiro atoms. The highest BCUT2D eigenvalue weighted by Crippen LogP contribution is 2.25. The van der Waals surface area contributed by atoms with Crippen LogP contribution in [0.1, 0.15) is 18.0 Å². The quantitative estimate of drug-likeness (QED) is 0.845. The lowest BCUT2D eigenvalue weighted by molar-refractivity contribution is -0.134. The number of hydrogen-bond donors (Lipinski definition) is 2. The second kappa shape index (κ2) is 6.64. The molecule has 2 atom stereocenters. The summed E-state index contributed by atoms with van der Waals surface area (Å²) in [6.45, 7) is 3.54. The Labute approximate surface area is 131 Å². The summed E-state index contributed by atoms with van der Waals surface area (Å²) in [6, 6.07) is 8.00. The Morgan fingerprint density at radius 2 is 1.82 bits per heavy atom. The zero-order valence-electron chi connectivity index (χ0n) is 13.2. The van der Waals surface area contributed by atoms with Crippen LogP contribution in [-0.4, -0.2) is 62.1 Å². The fraction of sp³-hybridized carbons (Fsp3) is 0.562. The van der Waals surface area contributed by atoms with Gasteiger partial charge < -0.3 is 14.5 Å². The second-order valence-corrected chi connectivity index (χ2v) is 6.03. The van der Waals surface area contributed by atoms with E-state index in [1.54, 1.807) is 7.11 Å². The summed E-state index contributed by atoms with van der Waals surface area (Å²) >= 11 is 0. The summed E-state index contributed by atoms with van der Waals surface area (Å²) in [7, 11) is 3.76. The SMILES string of the molecule is COc1ccc(C2CC(C(=O)N3CCN(C)CC3)NN2)cc1. The van der Waals surface area contributed by atoms with E-state index in [-0.39, 0.29) is 18.0 Å². The van der Waals surface area contributed by atoms with E-state index in [1.165, 1.54) is 5.56 Å². The van der Waals surface area contributed by atoms with E-state index in [9.17, 15) is 4.79 Å². The number of carbonyl (C=O) groups is 1. The Hall–Kier alpha value is -1.63. The molecular formula is C16H24N4O2. The monoisotopic (exact) mass is 304 g/mol. The number of likely N-dealkylation sites (N-methyl/N-ethyl adjacent to an activating group) is 1. The third-order valence-corrected chi connectivity index (χ3v) is 4.53. The van der Waals surface area contributed by atoms with Crippen molar-refractivity contribution in [2.75, 3.05) is 40.3 Å². The average Bonchev–Trinajstić information content (AvgIpc) is 3.05. The normalized spacial score (nSPS) is 26.2. The van der Waals surface area contributed by atoms with Gasteiger partial charge in [-0.05, 0) is 31.2 Å². The highest BCUT2D eigenvalue weighted by atomic mass is 16.5. The molecule has 0 aromatic heterocycles. The van der Waals surface area contributed by atoms with Gasteiger partial charge in [-0.1, -0.05) is 12.1 Å². The molecule has 0 aliphatic carbocycles. The molecule has 2 N–H and O–H groups in total. The minimum absolute atomic E-state index is 0.143. The first-order valence-electron chi connectivity index (χ1n) is 7.79. The predicted molar refractivity (Wildman–Crippen MR) is 84.5 cm³/mol. The Morgan fingerprint density at radius 3 is 2.45 bits per heavy atom. The number of amides is 1. The van der Waals surface area contributed by atoms with Gasteiger partial charge in [0.25, 0.3) is 0 Å². The second-order valence-electron chi connectivity index (χ2n) is 6.03. The summed E-state index contributed by atoms with van der Waals surface area (Å²) in [4.78, 5) is 16.8. The lowest BCUT2D eigenvalue weighted by Crippen LogP contribution is -2.52. The van der Waals surface area contributed by atoms with Crippen molar-refractivity contribution in [3.8, 4) is 5.75 Å². The zero-order chi connectivity index (χ0) is 15.5. The first-order chi connectivity index (χ1) is 10.7. The van der Waals surface area contributed by atoms with Crippen LogP contribution in [-0.2, 0) is 4.79 Å². The minimum atomic E-state index is -0.143. The van der Waals surface area contributed by atoms with E-state index in [0.717, 1.165) is 38.3 Å². The number of benzene rings is 1. The third-order valence-electron chi connectivity index (χ3n) is 4.53. The number of piperazine rings is 1. The molecule has 1 aromatic carbocycles. The molecule has 6 heteroatoms. The van der Waals surface area contributed by atoms with Crippen LogP contribution in [0.5, 0.6) is 5.75 Å². The van der Waals surface area contributed by atoms with Crippen molar-refractivity contribution in [2.24, 2.45) is 0 Å². The first-order valence-corrected chi connectivity index (χ1v) is 7.79. The van der Waals surface area contributed by atoms with Crippen LogP contribution in [0.2, 0.25) is 0 Å². The molecule has 2 aliphatic heterocycles. The van der Waals surface area contributed by atoms with E-state index in [2.05, 4.69) is 22.8 Å². The molecular weight excluding hydrogens is 280 g/mol. The summed E-state index contributed by atoms with van der Waals surface area (Å²) in [5.74, 6) is 1.05. The average molecular weight is 304 g/mol. The van der Waals surface area contributed by atoms with Crippen molar-refractivity contribution in [3.05, 3.63) is 29.8 Å². The van der Waals surface area contributed by atoms with Gasteiger partial charge >= 0.3 is 0 Å². The molecule has 1 amide bonds. The third kappa shape index (κ3) is 3.24. The Morgan fingerprint density at radius 1 is 1.14 bits per heavy atom. The van der Waals surface area contributed by atoms with Crippen LogP contribution in [0.4, 0.5) is 0 Å². The number of hydrazine groups is 1. The van der Waals surface area contributed by atoms with Crippen LogP contribution in [0.3, 0.4) is 0 Å². The lowest BCUT2D eigenvalue weighted by atomic mass is 10.0. The number of nitrogens with zero attached hydrogens (tertiary/aromatic N) is 2. The van der Waals surface area contributed by atoms with Gasteiger partial charge in [0.05, 0.1) is 7.11 Å². The number of carbonyl (C=O) groups excluding carboxylic acids is 1. The van der Waals surface area contributed by atoms with Gasteiger partial charge in [0.2, 0.25) is 5.91 Å². The molecule has 0 bridgehead atoms. The van der Waals surface area contributed by atoms with Crippen LogP contribution >= 0.6 is 0 Å². The van der Waals surface area contributed by atoms with Crippen molar-refractivity contribution in [1.29, 1.82) is 0 Å². The van der Waals surface area contributed by atoms with Gasteiger partial charge in [0.15, 0.2) is 0 Å². The summed E-state index contributed by atoms with van der Waals surface area (Å²) in [6.07, 6.45) is 0.775. The van der Waals surface area contributed by atoms with Crippen molar-refractivity contribution < 1.29 is 9.53 Å². The van der Waals surface area contributed by atoms with Crippen LogP contribution in [0.25, 0.3) is 0 Å². The maximum atomic E-state index is 12.6. The molecule has 0 saturated carbocycles. The van der Waals surface area contributed by atoms with Crippen molar-refractivity contribution >= 4 is 5.91 Å². The number of ether oxygens (including phenoxy) is 1. The maximum Gasteiger partial charge on any atom is 0.241 e. The van der Waals surface area contributed by atoms with E-state index < -0.39 is 0 Å². The number of hydrogen-bond acceptors (Lipinski definition) is 5. The molecule has 6 nitrogen and oxygen atoms in total. The largest absolute Gasteiger partial charge is 0.497 e. The highest BCUT2D eigenvalue weighted by molar-refractivity contribution is 5.82. The summed E-state index contributed by atoms with van der Waals surface area (Å²) in [5.41, 5.74) is 7.56. The smallest absolute Gasteiger partial charge is 0.241 e. The zero-order valence-corrected chi connectivity index (χ0v) is 13.2. The van der Waals surface area contributed by atoms with Crippen molar-refractivity contribution in [1.82, 2.24) is 20.7 Å². The maximum absolute atomic E-state index is 12.6. The van der Waals surface area contributed by atoms with E-state index >= 15 is 0 Å². The van der Waals surface area contributed by atoms with Crippen LogP contribution < -0.4 is 15.6 Å². The van der Waals surface area contributed by atoms with Gasteiger partial charge in [-0.3, -0.25) is 4.79 Å². The van der Waals surface area contributed by atoms with E-state index in [1.807, 2.05) is 29.2 Å². The highest BCUT2D eigenvalue weighted by Gasteiger charge is 2.33. The topological polar surface area (TPSA) is 56.8 Å². The van der Waals surface area contributed by atoms with Gasteiger partial charge in [-0.15, -0.1) is 0 Å². The molecule has 2 unspecified atom stereocenters. The van der Waals surface area contributed by atoms with Gasteiger partial charge in [0.1, 0.15) is 11.8 Å². The summed E-state index contributed by atoms with van der Waals surface area (Å²) in [5, 5.41) is 0. The molecule has 1 aromatic rings. The van der Waals surface area contributed by atoms with Crippen LogP contribution in [0, 0.1) is 0 Å². The standard InChI is InChI=1S/C16H24N4O2/c1-19-7-9-20(10-8-19)16(21)15-11-14(17-18-15)12-3-5-13(22-2)6-4-12/h3-6,14-15,17-18H,7-11H2,1-2H3.